The van der Waals surface area contributed by atoms with Gasteiger partial charge in [0.15, 0.2) is 6.61 Å². The third kappa shape index (κ3) is 5.38. The molecule has 0 unspecified atom stereocenters. The first kappa shape index (κ1) is 25.2. The highest BCUT2D eigenvalue weighted by molar-refractivity contribution is 6.34. The van der Waals surface area contributed by atoms with Gasteiger partial charge in [0, 0.05) is 12.6 Å². The Labute approximate surface area is 194 Å². The van der Waals surface area contributed by atoms with Crippen LogP contribution >= 0.6 is 11.6 Å². The predicted octanol–water partition coefficient (Wildman–Crippen LogP) is 4.88. The number of halogens is 6. The van der Waals surface area contributed by atoms with Crippen molar-refractivity contribution in [2.75, 3.05) is 11.9 Å². The van der Waals surface area contributed by atoms with Crippen molar-refractivity contribution in [3.63, 3.8) is 0 Å². The second-order valence-electron chi connectivity index (χ2n) is 7.15. The smallest absolute Gasteiger partial charge is 0.422 e. The molecule has 0 aliphatic heterocycles. The number of nitrogens with one attached hydrogen (secondary N) is 1. The van der Waals surface area contributed by atoms with E-state index < -0.39 is 58.7 Å². The lowest BCUT2D eigenvalue weighted by atomic mass is 10.1. The zero-order valence-electron chi connectivity index (χ0n) is 17.8. The minimum atomic E-state index is -4.78. The molecule has 13 heteroatoms. The first-order valence-corrected chi connectivity index (χ1v) is 10.3. The van der Waals surface area contributed by atoms with E-state index in [0.29, 0.717) is 17.2 Å². The average Bonchev–Trinajstić information content (AvgIpc) is 3.03. The van der Waals surface area contributed by atoms with Crippen LogP contribution in [0.25, 0.3) is 5.69 Å². The molecule has 0 fully saturated rings. The summed E-state index contributed by atoms with van der Waals surface area (Å²) in [4.78, 5) is 25.4. The fourth-order valence-electron chi connectivity index (χ4n) is 3.09. The van der Waals surface area contributed by atoms with Crippen LogP contribution < -0.4 is 15.7 Å². The third-order valence-electron chi connectivity index (χ3n) is 4.61. The minimum absolute atomic E-state index is 0.188. The summed E-state index contributed by atoms with van der Waals surface area (Å²) in [7, 11) is 0. The Balaban J connectivity index is 2.10. The highest BCUT2D eigenvalue weighted by atomic mass is 35.5. The molecule has 182 valence electrons. The Morgan fingerprint density at radius 3 is 2.53 bits per heavy atom. The second-order valence-corrected chi connectivity index (χ2v) is 7.55. The number of ether oxygens (including phenoxy) is 1. The predicted molar refractivity (Wildman–Crippen MR) is 114 cm³/mol. The number of hydrogen-bond donors (Lipinski definition) is 1. The van der Waals surface area contributed by atoms with Gasteiger partial charge in [-0.05, 0) is 31.5 Å². The number of benzene rings is 2. The van der Waals surface area contributed by atoms with E-state index in [1.807, 2.05) is 6.92 Å². The molecule has 0 spiro atoms. The fraction of sp³-hybridized carbons (Fsp3) is 0.286. The van der Waals surface area contributed by atoms with E-state index in [0.717, 1.165) is 12.1 Å². The molecule has 0 saturated carbocycles. The van der Waals surface area contributed by atoms with Crippen LogP contribution in [0.15, 0.2) is 35.1 Å². The summed E-state index contributed by atoms with van der Waals surface area (Å²) >= 11 is 5.86. The molecule has 34 heavy (non-hydrogen) atoms. The number of rotatable bonds is 7. The van der Waals surface area contributed by atoms with Crippen LogP contribution in [0.2, 0.25) is 5.02 Å². The topological polar surface area (TPSA) is 78.2 Å². The van der Waals surface area contributed by atoms with Crippen LogP contribution in [0.5, 0.6) is 5.75 Å². The van der Waals surface area contributed by atoms with Crippen molar-refractivity contribution in [3.05, 3.63) is 68.9 Å². The molecule has 0 aliphatic carbocycles. The summed E-state index contributed by atoms with van der Waals surface area (Å²) < 4.78 is 74.1. The normalized spacial score (nSPS) is 11.5. The molecule has 2 aromatic carbocycles. The molecule has 7 nitrogen and oxygen atoms in total. The summed E-state index contributed by atoms with van der Waals surface area (Å²) in [5.41, 5.74) is -2.39. The molecular weight excluding hydrogens is 487 g/mol. The number of alkyl halides is 3. The van der Waals surface area contributed by atoms with Gasteiger partial charge < -0.3 is 10.1 Å². The summed E-state index contributed by atoms with van der Waals surface area (Å²) in [5, 5.41) is 5.87. The van der Waals surface area contributed by atoms with Gasteiger partial charge in [0.25, 0.3) is 5.91 Å². The number of carbonyl (C=O) groups excluding carboxylic acids is 1. The maximum absolute atomic E-state index is 15.0. The number of anilines is 1. The highest BCUT2D eigenvalue weighted by Gasteiger charge is 2.30. The molecule has 1 heterocycles. The molecule has 1 aromatic heterocycles. The van der Waals surface area contributed by atoms with Gasteiger partial charge in [-0.15, -0.1) is 0 Å². The monoisotopic (exact) mass is 504 g/mol. The Morgan fingerprint density at radius 1 is 1.21 bits per heavy atom. The SMILES string of the molecule is CCCn1c(C)nn(-c2cc(OCC(F)(F)F)c(C(=O)Nc3c(F)cccc3Cl)cc2F)c1=O. The zero-order valence-corrected chi connectivity index (χ0v) is 18.6. The molecule has 3 aromatic rings. The number of hydrogen-bond acceptors (Lipinski definition) is 4. The third-order valence-corrected chi connectivity index (χ3v) is 4.92. The van der Waals surface area contributed by atoms with Gasteiger partial charge in [-0.1, -0.05) is 24.6 Å². The summed E-state index contributed by atoms with van der Waals surface area (Å²) in [6.45, 7) is 1.79. The van der Waals surface area contributed by atoms with Crippen molar-refractivity contribution in [2.45, 2.75) is 33.0 Å². The van der Waals surface area contributed by atoms with Crippen LogP contribution in [0.3, 0.4) is 0 Å². The van der Waals surface area contributed by atoms with Crippen molar-refractivity contribution in [2.24, 2.45) is 0 Å². The standard InChI is InChI=1S/C21H18ClF5N4O3/c1-3-7-30-11(2)29-31(20(30)33)16-9-17(34-10-21(25,26)27)12(8-15(16)24)19(32)28-18-13(22)5-4-6-14(18)23/h4-6,8-9H,3,7,10H2,1-2H3,(H,28,32). The van der Waals surface area contributed by atoms with E-state index in [2.05, 4.69) is 10.4 Å². The van der Waals surface area contributed by atoms with Gasteiger partial charge in [-0.25, -0.2) is 13.6 Å². The largest absolute Gasteiger partial charge is 0.483 e. The van der Waals surface area contributed by atoms with Gasteiger partial charge in [0.2, 0.25) is 0 Å². The second kappa shape index (κ2) is 9.84. The Morgan fingerprint density at radius 2 is 1.91 bits per heavy atom. The average molecular weight is 505 g/mol. The van der Waals surface area contributed by atoms with E-state index in [9.17, 15) is 31.5 Å². The van der Waals surface area contributed by atoms with E-state index in [1.165, 1.54) is 23.6 Å². The Bertz CT molecular complexity index is 1270. The van der Waals surface area contributed by atoms with Crippen LogP contribution in [0.1, 0.15) is 29.5 Å². The van der Waals surface area contributed by atoms with Crippen molar-refractivity contribution < 1.29 is 31.5 Å². The van der Waals surface area contributed by atoms with Gasteiger partial charge >= 0.3 is 11.9 Å². The van der Waals surface area contributed by atoms with E-state index >= 15 is 0 Å². The lowest BCUT2D eigenvalue weighted by Gasteiger charge is -2.16. The van der Waals surface area contributed by atoms with Gasteiger partial charge in [-0.3, -0.25) is 9.36 Å². The van der Waals surface area contributed by atoms with Crippen molar-refractivity contribution >= 4 is 23.2 Å². The molecule has 0 radical (unpaired) electrons. The fourth-order valence-corrected chi connectivity index (χ4v) is 3.30. The van der Waals surface area contributed by atoms with Crippen LogP contribution in [-0.4, -0.2) is 33.0 Å². The molecule has 1 N–H and O–H groups in total. The quantitative estimate of drug-likeness (QED) is 0.465. The van der Waals surface area contributed by atoms with E-state index in [4.69, 9.17) is 16.3 Å². The minimum Gasteiger partial charge on any atom is -0.483 e. The molecule has 0 saturated heterocycles. The number of aromatic nitrogens is 3. The number of aryl methyl sites for hydroxylation is 1. The number of carbonyl (C=O) groups is 1. The van der Waals surface area contributed by atoms with Crippen LogP contribution in [0.4, 0.5) is 27.6 Å². The van der Waals surface area contributed by atoms with Gasteiger partial charge in [-0.2, -0.15) is 23.0 Å². The first-order chi connectivity index (χ1) is 15.9. The number of amides is 1. The lowest BCUT2D eigenvalue weighted by Crippen LogP contribution is -2.26. The first-order valence-electron chi connectivity index (χ1n) is 9.88. The number of para-hydroxylation sites is 1. The molecule has 0 atom stereocenters. The molecular formula is C21H18ClF5N4O3. The van der Waals surface area contributed by atoms with E-state index in [1.54, 1.807) is 0 Å². The molecule has 0 bridgehead atoms. The van der Waals surface area contributed by atoms with Gasteiger partial charge in [0.05, 0.1) is 16.3 Å². The van der Waals surface area contributed by atoms with Crippen LogP contribution in [0, 0.1) is 18.6 Å². The summed E-state index contributed by atoms with van der Waals surface area (Å²) in [5.74, 6) is -3.70. The molecule has 1 amide bonds. The number of nitrogens with zero attached hydrogens (tertiary/aromatic N) is 3. The van der Waals surface area contributed by atoms with Crippen LogP contribution in [-0.2, 0) is 6.54 Å². The zero-order chi connectivity index (χ0) is 25.2. The lowest BCUT2D eigenvalue weighted by molar-refractivity contribution is -0.153. The van der Waals surface area contributed by atoms with Crippen molar-refractivity contribution in [1.29, 1.82) is 0 Å². The van der Waals surface area contributed by atoms with Gasteiger partial charge in [0.1, 0.15) is 28.9 Å². The maximum Gasteiger partial charge on any atom is 0.422 e. The maximum atomic E-state index is 15.0. The van der Waals surface area contributed by atoms with E-state index in [-0.39, 0.29) is 17.4 Å². The molecule has 3 rings (SSSR count). The molecule has 0 aliphatic rings. The Kier molecular flexibility index (Phi) is 7.29. The summed E-state index contributed by atoms with van der Waals surface area (Å²) in [6.07, 6.45) is -4.21. The Hall–Kier alpha value is -3.41. The van der Waals surface area contributed by atoms with Crippen molar-refractivity contribution in [1.82, 2.24) is 14.3 Å². The highest BCUT2D eigenvalue weighted by Crippen LogP contribution is 2.30. The van der Waals surface area contributed by atoms with Crippen molar-refractivity contribution in [3.8, 4) is 11.4 Å². The summed E-state index contributed by atoms with van der Waals surface area (Å²) in [6, 6.07) is 4.87.